The van der Waals surface area contributed by atoms with Crippen LogP contribution in [0.1, 0.15) is 18.1 Å². The summed E-state index contributed by atoms with van der Waals surface area (Å²) in [5.74, 6) is 0.221. The van der Waals surface area contributed by atoms with E-state index in [0.717, 1.165) is 17.4 Å². The highest BCUT2D eigenvalue weighted by Gasteiger charge is 2.05. The normalized spacial score (nSPS) is 11.4. The van der Waals surface area contributed by atoms with Crippen LogP contribution < -0.4 is 0 Å². The lowest BCUT2D eigenvalue weighted by molar-refractivity contribution is -0.103. The molecule has 0 fully saturated rings. The van der Waals surface area contributed by atoms with E-state index in [1.54, 1.807) is 32.1 Å². The summed E-state index contributed by atoms with van der Waals surface area (Å²) in [5, 5.41) is 9.40. The van der Waals surface area contributed by atoms with E-state index in [2.05, 4.69) is 0 Å². The summed E-state index contributed by atoms with van der Waals surface area (Å²) in [6.45, 7) is 3.59. The van der Waals surface area contributed by atoms with Crippen LogP contribution in [0.25, 0.3) is 5.57 Å². The lowest BCUT2D eigenvalue weighted by atomic mass is 10.0. The second-order valence-corrected chi connectivity index (χ2v) is 2.81. The second kappa shape index (κ2) is 3.90. The third-order valence-electron chi connectivity index (χ3n) is 2.05. The molecule has 0 amide bonds. The maximum absolute atomic E-state index is 10.7. The van der Waals surface area contributed by atoms with E-state index in [9.17, 15) is 9.90 Å². The molecule has 0 saturated carbocycles. The number of aldehydes is 1. The van der Waals surface area contributed by atoms with Crippen molar-refractivity contribution in [2.24, 2.45) is 0 Å². The Hall–Kier alpha value is -1.57. The summed E-state index contributed by atoms with van der Waals surface area (Å²) in [6.07, 6.45) is 2.52. The molecule has 0 aliphatic heterocycles. The van der Waals surface area contributed by atoms with Crippen molar-refractivity contribution in [2.45, 2.75) is 13.8 Å². The Morgan fingerprint density at radius 2 is 2.15 bits per heavy atom. The summed E-state index contributed by atoms with van der Waals surface area (Å²) in [5.41, 5.74) is 2.13. The van der Waals surface area contributed by atoms with Crippen molar-refractivity contribution in [3.8, 4) is 5.75 Å². The van der Waals surface area contributed by atoms with Crippen LogP contribution in [0.5, 0.6) is 5.75 Å². The standard InChI is InChI=1S/C11H12O2/c1-3-9(7-12)10-5-4-6-11(13)8(10)2/h3-7,13H,1-2H3/b9-3-. The van der Waals surface area contributed by atoms with Crippen molar-refractivity contribution in [2.75, 3.05) is 0 Å². The van der Waals surface area contributed by atoms with E-state index < -0.39 is 0 Å². The first-order valence-electron chi connectivity index (χ1n) is 4.11. The highest BCUT2D eigenvalue weighted by atomic mass is 16.3. The fraction of sp³-hybridized carbons (Fsp3) is 0.182. The molecule has 13 heavy (non-hydrogen) atoms. The van der Waals surface area contributed by atoms with Gasteiger partial charge in [0.2, 0.25) is 0 Å². The van der Waals surface area contributed by atoms with E-state index >= 15 is 0 Å². The Morgan fingerprint density at radius 1 is 1.46 bits per heavy atom. The molecule has 0 aromatic heterocycles. The van der Waals surface area contributed by atoms with Crippen LogP contribution in [-0.2, 0) is 4.79 Å². The first kappa shape index (κ1) is 9.52. The molecule has 0 spiro atoms. The van der Waals surface area contributed by atoms with Gasteiger partial charge in [-0.05, 0) is 31.0 Å². The molecule has 1 N–H and O–H groups in total. The summed E-state index contributed by atoms with van der Waals surface area (Å²) in [6, 6.07) is 5.15. The fourth-order valence-corrected chi connectivity index (χ4v) is 1.22. The molecule has 68 valence electrons. The Labute approximate surface area is 77.5 Å². The monoisotopic (exact) mass is 176 g/mol. The Balaban J connectivity index is 3.29. The number of rotatable bonds is 2. The molecule has 1 aromatic carbocycles. The highest BCUT2D eigenvalue weighted by molar-refractivity contribution is 6.07. The molecular formula is C11H12O2. The van der Waals surface area contributed by atoms with E-state index in [4.69, 9.17) is 0 Å². The van der Waals surface area contributed by atoms with E-state index in [1.165, 1.54) is 0 Å². The van der Waals surface area contributed by atoms with Crippen LogP contribution in [0.2, 0.25) is 0 Å². The van der Waals surface area contributed by atoms with Crippen molar-refractivity contribution in [3.63, 3.8) is 0 Å². The summed E-state index contributed by atoms with van der Waals surface area (Å²) >= 11 is 0. The van der Waals surface area contributed by atoms with Gasteiger partial charge in [-0.25, -0.2) is 0 Å². The molecule has 0 aliphatic rings. The molecule has 0 bridgehead atoms. The number of phenolic OH excluding ortho intramolecular Hbond substituents is 1. The highest BCUT2D eigenvalue weighted by Crippen LogP contribution is 2.24. The van der Waals surface area contributed by atoms with E-state index in [-0.39, 0.29) is 5.75 Å². The summed E-state index contributed by atoms with van der Waals surface area (Å²) in [7, 11) is 0. The van der Waals surface area contributed by atoms with E-state index in [1.807, 2.05) is 6.07 Å². The average molecular weight is 176 g/mol. The first-order chi connectivity index (χ1) is 6.20. The Bertz CT molecular complexity index is 351. The van der Waals surface area contributed by atoms with Gasteiger partial charge in [0.15, 0.2) is 0 Å². The minimum Gasteiger partial charge on any atom is -0.508 e. The molecule has 0 heterocycles. The molecule has 0 saturated heterocycles. The van der Waals surface area contributed by atoms with Gasteiger partial charge in [0.25, 0.3) is 0 Å². The quantitative estimate of drug-likeness (QED) is 0.554. The predicted octanol–water partition coefficient (Wildman–Crippen LogP) is 2.30. The van der Waals surface area contributed by atoms with Crippen molar-refractivity contribution in [3.05, 3.63) is 35.4 Å². The minimum atomic E-state index is 0.221. The predicted molar refractivity (Wildman–Crippen MR) is 52.6 cm³/mol. The Morgan fingerprint density at radius 3 is 2.69 bits per heavy atom. The lowest BCUT2D eigenvalue weighted by Gasteiger charge is -2.05. The zero-order chi connectivity index (χ0) is 9.84. The van der Waals surface area contributed by atoms with Crippen molar-refractivity contribution in [1.82, 2.24) is 0 Å². The van der Waals surface area contributed by atoms with Crippen LogP contribution >= 0.6 is 0 Å². The van der Waals surface area contributed by atoms with Crippen LogP contribution in [0.4, 0.5) is 0 Å². The molecule has 0 aliphatic carbocycles. The average Bonchev–Trinajstić information content (AvgIpc) is 2.14. The lowest BCUT2D eigenvalue weighted by Crippen LogP contribution is -1.89. The SMILES string of the molecule is C/C=C(/C=O)c1cccc(O)c1C. The summed E-state index contributed by atoms with van der Waals surface area (Å²) < 4.78 is 0. The number of carbonyl (C=O) groups is 1. The zero-order valence-corrected chi connectivity index (χ0v) is 7.74. The third-order valence-corrected chi connectivity index (χ3v) is 2.05. The maximum Gasteiger partial charge on any atom is 0.150 e. The van der Waals surface area contributed by atoms with Crippen LogP contribution in [0.3, 0.4) is 0 Å². The number of hydrogen-bond acceptors (Lipinski definition) is 2. The number of aromatic hydroxyl groups is 1. The molecule has 0 atom stereocenters. The topological polar surface area (TPSA) is 37.3 Å². The van der Waals surface area contributed by atoms with Crippen molar-refractivity contribution in [1.29, 1.82) is 0 Å². The largest absolute Gasteiger partial charge is 0.508 e. The molecule has 1 aromatic rings. The number of benzene rings is 1. The number of hydrogen-bond donors (Lipinski definition) is 1. The van der Waals surface area contributed by atoms with Crippen molar-refractivity contribution < 1.29 is 9.90 Å². The van der Waals surface area contributed by atoms with Gasteiger partial charge in [-0.3, -0.25) is 4.79 Å². The third kappa shape index (κ3) is 1.78. The second-order valence-electron chi connectivity index (χ2n) is 2.81. The first-order valence-corrected chi connectivity index (χ1v) is 4.11. The zero-order valence-electron chi connectivity index (χ0n) is 7.74. The van der Waals surface area contributed by atoms with Crippen LogP contribution in [0, 0.1) is 6.92 Å². The summed E-state index contributed by atoms with van der Waals surface area (Å²) in [4.78, 5) is 10.7. The van der Waals surface area contributed by atoms with Gasteiger partial charge < -0.3 is 5.11 Å². The van der Waals surface area contributed by atoms with Gasteiger partial charge >= 0.3 is 0 Å². The minimum absolute atomic E-state index is 0.221. The van der Waals surface area contributed by atoms with Gasteiger partial charge in [0.1, 0.15) is 12.0 Å². The number of carbonyl (C=O) groups excluding carboxylic acids is 1. The maximum atomic E-state index is 10.7. The fourth-order valence-electron chi connectivity index (χ4n) is 1.22. The van der Waals surface area contributed by atoms with Gasteiger partial charge in [0, 0.05) is 5.57 Å². The number of phenols is 1. The molecule has 2 nitrogen and oxygen atoms in total. The molecular weight excluding hydrogens is 164 g/mol. The van der Waals surface area contributed by atoms with Gasteiger partial charge in [-0.1, -0.05) is 18.2 Å². The van der Waals surface area contributed by atoms with Gasteiger partial charge in [-0.2, -0.15) is 0 Å². The van der Waals surface area contributed by atoms with Gasteiger partial charge in [0.05, 0.1) is 0 Å². The number of allylic oxidation sites excluding steroid dienone is 2. The molecule has 2 heteroatoms. The molecule has 0 unspecified atom stereocenters. The molecule has 1 rings (SSSR count). The smallest absolute Gasteiger partial charge is 0.150 e. The van der Waals surface area contributed by atoms with Crippen LogP contribution in [-0.4, -0.2) is 11.4 Å². The van der Waals surface area contributed by atoms with Crippen molar-refractivity contribution >= 4 is 11.9 Å². The van der Waals surface area contributed by atoms with E-state index in [0.29, 0.717) is 5.57 Å². The molecule has 0 radical (unpaired) electrons. The van der Waals surface area contributed by atoms with Crippen LogP contribution in [0.15, 0.2) is 24.3 Å². The van der Waals surface area contributed by atoms with Gasteiger partial charge in [-0.15, -0.1) is 0 Å². The Kier molecular flexibility index (Phi) is 2.85.